The Balaban J connectivity index is 1.19. The van der Waals surface area contributed by atoms with Crippen molar-refractivity contribution in [2.24, 2.45) is 17.8 Å². The minimum atomic E-state index is -1.26. The summed E-state index contributed by atoms with van der Waals surface area (Å²) in [5.74, 6) is -1.43. The molecular formula is C28H32N2O5. The number of carbonyl (C=O) groups excluding carboxylic acids is 2. The predicted octanol–water partition coefficient (Wildman–Crippen LogP) is 4.31. The molecule has 2 fully saturated rings. The van der Waals surface area contributed by atoms with E-state index in [1.807, 2.05) is 24.3 Å². The van der Waals surface area contributed by atoms with Crippen LogP contribution in [0, 0.1) is 17.8 Å². The second-order valence-electron chi connectivity index (χ2n) is 10.4. The van der Waals surface area contributed by atoms with Crippen LogP contribution in [0.15, 0.2) is 48.5 Å². The molecule has 2 saturated carbocycles. The summed E-state index contributed by atoms with van der Waals surface area (Å²) in [6.07, 6.45) is 3.79. The van der Waals surface area contributed by atoms with Crippen molar-refractivity contribution in [2.45, 2.75) is 50.5 Å². The lowest BCUT2D eigenvalue weighted by molar-refractivity contribution is -0.148. The van der Waals surface area contributed by atoms with Crippen LogP contribution in [0.3, 0.4) is 0 Å². The second kappa shape index (κ2) is 9.36. The number of carbonyl (C=O) groups is 3. The highest BCUT2D eigenvalue weighted by Crippen LogP contribution is 2.44. The Labute approximate surface area is 205 Å². The van der Waals surface area contributed by atoms with Crippen molar-refractivity contribution in [3.05, 3.63) is 59.7 Å². The Morgan fingerprint density at radius 2 is 1.60 bits per heavy atom. The zero-order chi connectivity index (χ0) is 24.6. The molecule has 0 spiro atoms. The lowest BCUT2D eigenvalue weighted by Crippen LogP contribution is -2.56. The molecule has 0 heterocycles. The van der Waals surface area contributed by atoms with E-state index < -0.39 is 23.5 Å². The maximum atomic E-state index is 13.0. The monoisotopic (exact) mass is 476 g/mol. The Kier molecular flexibility index (Phi) is 6.26. The van der Waals surface area contributed by atoms with Crippen LogP contribution in [-0.2, 0) is 14.3 Å². The number of fused-ring (bicyclic) bond motifs is 3. The normalized spacial score (nSPS) is 19.1. The molecule has 2 amide bonds. The third-order valence-electron chi connectivity index (χ3n) is 7.74. The zero-order valence-corrected chi connectivity index (χ0v) is 20.0. The summed E-state index contributed by atoms with van der Waals surface area (Å²) in [4.78, 5) is 37.5. The summed E-state index contributed by atoms with van der Waals surface area (Å²) in [5, 5.41) is 15.2. The molecule has 2 aromatic carbocycles. The number of hydrogen-bond acceptors (Lipinski definition) is 4. The van der Waals surface area contributed by atoms with Crippen LogP contribution in [-0.4, -0.2) is 41.8 Å². The maximum Gasteiger partial charge on any atom is 0.407 e. The summed E-state index contributed by atoms with van der Waals surface area (Å²) in [6, 6.07) is 16.3. The van der Waals surface area contributed by atoms with Crippen molar-refractivity contribution in [1.29, 1.82) is 0 Å². The van der Waals surface area contributed by atoms with Gasteiger partial charge in [-0.15, -0.1) is 0 Å². The fourth-order valence-electron chi connectivity index (χ4n) is 5.24. The van der Waals surface area contributed by atoms with Crippen LogP contribution in [0.25, 0.3) is 11.1 Å². The number of amides is 2. The zero-order valence-electron chi connectivity index (χ0n) is 20.0. The van der Waals surface area contributed by atoms with E-state index >= 15 is 0 Å². The van der Waals surface area contributed by atoms with Crippen LogP contribution in [0.5, 0.6) is 0 Å². The van der Waals surface area contributed by atoms with Crippen molar-refractivity contribution >= 4 is 18.0 Å². The van der Waals surface area contributed by atoms with Gasteiger partial charge in [-0.2, -0.15) is 0 Å². The molecule has 0 aliphatic heterocycles. The fraction of sp³-hybridized carbons (Fsp3) is 0.464. The first-order valence-electron chi connectivity index (χ1n) is 12.5. The molecule has 7 nitrogen and oxygen atoms in total. The summed E-state index contributed by atoms with van der Waals surface area (Å²) in [7, 11) is 0. The molecule has 0 radical (unpaired) electrons. The molecule has 0 saturated heterocycles. The molecule has 0 bridgehead atoms. The van der Waals surface area contributed by atoms with Gasteiger partial charge in [0.1, 0.15) is 12.1 Å². The van der Waals surface area contributed by atoms with Crippen LogP contribution >= 0.6 is 0 Å². The van der Waals surface area contributed by atoms with Gasteiger partial charge in [-0.25, -0.2) is 9.59 Å². The van der Waals surface area contributed by atoms with Crippen molar-refractivity contribution in [2.75, 3.05) is 13.2 Å². The molecule has 3 aliphatic carbocycles. The van der Waals surface area contributed by atoms with Crippen LogP contribution < -0.4 is 10.6 Å². The highest BCUT2D eigenvalue weighted by atomic mass is 16.5. The molecule has 3 N–H and O–H groups in total. The third-order valence-corrected chi connectivity index (χ3v) is 7.74. The van der Waals surface area contributed by atoms with Crippen LogP contribution in [0.4, 0.5) is 4.79 Å². The van der Waals surface area contributed by atoms with Gasteiger partial charge in [-0.1, -0.05) is 61.4 Å². The molecule has 35 heavy (non-hydrogen) atoms. The van der Waals surface area contributed by atoms with Gasteiger partial charge in [0.2, 0.25) is 5.91 Å². The number of benzene rings is 2. The number of carboxylic acid groups (broad SMARTS) is 1. The summed E-state index contributed by atoms with van der Waals surface area (Å²) in [6.45, 7) is 1.91. The number of aliphatic carboxylic acids is 1. The van der Waals surface area contributed by atoms with Gasteiger partial charge in [-0.3, -0.25) is 4.79 Å². The highest BCUT2D eigenvalue weighted by molar-refractivity contribution is 5.88. The van der Waals surface area contributed by atoms with E-state index in [9.17, 15) is 19.5 Å². The van der Waals surface area contributed by atoms with E-state index in [0.717, 1.165) is 47.9 Å². The van der Waals surface area contributed by atoms with Gasteiger partial charge in [0.05, 0.1) is 5.92 Å². The largest absolute Gasteiger partial charge is 0.480 e. The number of nitrogens with one attached hydrogen (secondary N) is 2. The van der Waals surface area contributed by atoms with Gasteiger partial charge in [-0.05, 0) is 60.3 Å². The van der Waals surface area contributed by atoms with Crippen molar-refractivity contribution in [3.63, 3.8) is 0 Å². The minimum Gasteiger partial charge on any atom is -0.480 e. The first-order valence-corrected chi connectivity index (χ1v) is 12.5. The smallest absolute Gasteiger partial charge is 0.407 e. The predicted molar refractivity (Wildman–Crippen MR) is 131 cm³/mol. The number of alkyl carbamates (subject to hydrolysis) is 1. The fourth-order valence-corrected chi connectivity index (χ4v) is 5.24. The van der Waals surface area contributed by atoms with E-state index in [0.29, 0.717) is 12.3 Å². The number of ether oxygens (including phenoxy) is 1. The molecule has 0 aromatic heterocycles. The van der Waals surface area contributed by atoms with Gasteiger partial charge >= 0.3 is 12.1 Å². The third kappa shape index (κ3) is 4.90. The first-order chi connectivity index (χ1) is 16.9. The second-order valence-corrected chi connectivity index (χ2v) is 10.4. The average Bonchev–Trinajstić information content (AvgIpc) is 3.77. The van der Waals surface area contributed by atoms with E-state index in [1.165, 1.54) is 0 Å². The van der Waals surface area contributed by atoms with Crippen molar-refractivity contribution in [1.82, 2.24) is 10.6 Å². The molecule has 7 heteroatoms. The van der Waals surface area contributed by atoms with Gasteiger partial charge in [0.25, 0.3) is 0 Å². The number of carboxylic acids is 1. The number of hydrogen-bond donors (Lipinski definition) is 3. The Bertz CT molecular complexity index is 1090. The maximum absolute atomic E-state index is 13.0. The molecule has 184 valence electrons. The van der Waals surface area contributed by atoms with Gasteiger partial charge < -0.3 is 20.5 Å². The molecule has 2 unspecified atom stereocenters. The van der Waals surface area contributed by atoms with E-state index in [2.05, 4.69) is 34.9 Å². The molecule has 5 rings (SSSR count). The summed E-state index contributed by atoms with van der Waals surface area (Å²) < 4.78 is 5.60. The minimum absolute atomic E-state index is 0.0338. The van der Waals surface area contributed by atoms with Crippen LogP contribution in [0.1, 0.15) is 56.1 Å². The lowest BCUT2D eigenvalue weighted by Gasteiger charge is -2.29. The number of rotatable bonds is 10. The van der Waals surface area contributed by atoms with E-state index in [-0.39, 0.29) is 30.9 Å². The molecule has 2 atom stereocenters. The SMILES string of the molecule is CC(NC(=O)C(CNC(=O)OCC1c2ccccc2-c2ccccc21)CC1CC1)(C(=O)O)C1CC1. The van der Waals surface area contributed by atoms with Crippen molar-refractivity contribution < 1.29 is 24.2 Å². The van der Waals surface area contributed by atoms with Gasteiger partial charge in [0.15, 0.2) is 0 Å². The molecule has 2 aromatic rings. The van der Waals surface area contributed by atoms with Gasteiger partial charge in [0, 0.05) is 12.5 Å². The Morgan fingerprint density at radius 1 is 1.00 bits per heavy atom. The lowest BCUT2D eigenvalue weighted by atomic mass is 9.93. The quantitative estimate of drug-likeness (QED) is 0.474. The summed E-state index contributed by atoms with van der Waals surface area (Å²) in [5.41, 5.74) is 3.34. The molecule has 3 aliphatic rings. The highest BCUT2D eigenvalue weighted by Gasteiger charge is 2.49. The first kappa shape index (κ1) is 23.4. The average molecular weight is 477 g/mol. The summed E-state index contributed by atoms with van der Waals surface area (Å²) >= 11 is 0. The van der Waals surface area contributed by atoms with E-state index in [4.69, 9.17) is 4.74 Å². The van der Waals surface area contributed by atoms with E-state index in [1.54, 1.807) is 6.92 Å². The molecular weight excluding hydrogens is 444 g/mol. The van der Waals surface area contributed by atoms with Crippen molar-refractivity contribution in [3.8, 4) is 11.1 Å². The Morgan fingerprint density at radius 3 is 2.14 bits per heavy atom. The Hall–Kier alpha value is -3.35. The standard InChI is InChI=1S/C28H32N2O5/c1-28(26(32)33,19-12-13-19)30-25(31)18(14-17-10-11-17)15-29-27(34)35-16-24-22-8-4-2-6-20(22)21-7-3-5-9-23(21)24/h2-9,17-19,24H,10-16H2,1H3,(H,29,34)(H,30,31)(H,32,33). The van der Waals surface area contributed by atoms with Crippen LogP contribution in [0.2, 0.25) is 0 Å². The topological polar surface area (TPSA) is 105 Å².